The van der Waals surface area contributed by atoms with Gasteiger partial charge in [-0.15, -0.1) is 0 Å². The van der Waals surface area contributed by atoms with E-state index in [1.165, 1.54) is 6.20 Å². The Bertz CT molecular complexity index is 783. The molecule has 0 atom stereocenters. The number of carbonyl (C=O) groups excluding carboxylic acids is 2. The van der Waals surface area contributed by atoms with Crippen molar-refractivity contribution in [2.45, 2.75) is 47.1 Å². The second-order valence-electron chi connectivity index (χ2n) is 8.27. The van der Waals surface area contributed by atoms with E-state index in [1.54, 1.807) is 30.5 Å². The van der Waals surface area contributed by atoms with Crippen molar-refractivity contribution in [1.29, 1.82) is 0 Å². The van der Waals surface area contributed by atoms with Crippen molar-refractivity contribution in [3.05, 3.63) is 42.2 Å². The Morgan fingerprint density at radius 1 is 0.846 bits per heavy atom. The summed E-state index contributed by atoms with van der Waals surface area (Å²) in [6.07, 6.45) is 3.13. The zero-order valence-electron chi connectivity index (χ0n) is 16.2. The van der Waals surface area contributed by atoms with Gasteiger partial charge in [-0.25, -0.2) is 0 Å². The minimum absolute atomic E-state index is 0.0700. The van der Waals surface area contributed by atoms with Crippen LogP contribution < -0.4 is 10.6 Å². The molecular formula is C20H26N4O2. The van der Waals surface area contributed by atoms with E-state index < -0.39 is 5.41 Å². The number of nitrogens with zero attached hydrogens (tertiary/aromatic N) is 2. The van der Waals surface area contributed by atoms with Gasteiger partial charge in [0.15, 0.2) is 0 Å². The summed E-state index contributed by atoms with van der Waals surface area (Å²) in [4.78, 5) is 32.8. The fourth-order valence-electron chi connectivity index (χ4n) is 2.03. The molecule has 0 saturated carbocycles. The lowest BCUT2D eigenvalue weighted by Gasteiger charge is -2.20. The Kier molecular flexibility index (Phi) is 5.44. The van der Waals surface area contributed by atoms with Gasteiger partial charge in [0, 0.05) is 17.2 Å². The van der Waals surface area contributed by atoms with Crippen molar-refractivity contribution in [2.75, 3.05) is 5.32 Å². The number of pyridine rings is 2. The third kappa shape index (κ3) is 5.37. The second-order valence-corrected chi connectivity index (χ2v) is 8.27. The van der Waals surface area contributed by atoms with Crippen LogP contribution in [-0.2, 0) is 4.79 Å². The largest absolute Gasteiger partial charge is 0.347 e. The molecule has 0 bridgehead atoms. The molecule has 0 unspecified atom stereocenters. The zero-order valence-corrected chi connectivity index (χ0v) is 16.2. The molecule has 2 amide bonds. The van der Waals surface area contributed by atoms with E-state index in [4.69, 9.17) is 0 Å². The zero-order chi connectivity index (χ0) is 19.5. The van der Waals surface area contributed by atoms with Gasteiger partial charge < -0.3 is 10.6 Å². The summed E-state index contributed by atoms with van der Waals surface area (Å²) in [5.41, 5.74) is 1.69. The van der Waals surface area contributed by atoms with Gasteiger partial charge in [0.05, 0.1) is 28.8 Å². The number of nitrogens with one attached hydrogen (secondary N) is 2. The van der Waals surface area contributed by atoms with Gasteiger partial charge in [0.2, 0.25) is 5.91 Å². The molecule has 0 aliphatic rings. The molecule has 0 aliphatic carbocycles. The summed E-state index contributed by atoms with van der Waals surface area (Å²) < 4.78 is 0. The van der Waals surface area contributed by atoms with E-state index in [2.05, 4.69) is 20.6 Å². The number of carbonyl (C=O) groups is 2. The van der Waals surface area contributed by atoms with Crippen molar-refractivity contribution in [3.63, 3.8) is 0 Å². The SMILES string of the molecule is CC(C)(C)NC(=O)c1ccc(-c2ccc(NC(=O)C(C)(C)C)cn2)nc1. The summed E-state index contributed by atoms with van der Waals surface area (Å²) >= 11 is 0. The van der Waals surface area contributed by atoms with Crippen LogP contribution >= 0.6 is 0 Å². The smallest absolute Gasteiger partial charge is 0.253 e. The van der Waals surface area contributed by atoms with Crippen LogP contribution in [0.25, 0.3) is 11.4 Å². The highest BCUT2D eigenvalue weighted by Gasteiger charge is 2.21. The van der Waals surface area contributed by atoms with Crippen LogP contribution in [0.3, 0.4) is 0 Å². The van der Waals surface area contributed by atoms with Crippen LogP contribution in [0.5, 0.6) is 0 Å². The lowest BCUT2D eigenvalue weighted by molar-refractivity contribution is -0.123. The number of hydrogen-bond acceptors (Lipinski definition) is 4. The number of hydrogen-bond donors (Lipinski definition) is 2. The minimum Gasteiger partial charge on any atom is -0.347 e. The van der Waals surface area contributed by atoms with Crippen molar-refractivity contribution in [3.8, 4) is 11.4 Å². The van der Waals surface area contributed by atoms with Gasteiger partial charge in [-0.05, 0) is 45.0 Å². The second kappa shape index (κ2) is 7.23. The Morgan fingerprint density at radius 2 is 1.42 bits per heavy atom. The highest BCUT2D eigenvalue weighted by atomic mass is 16.2. The molecule has 6 nitrogen and oxygen atoms in total. The van der Waals surface area contributed by atoms with Crippen LogP contribution in [0, 0.1) is 5.41 Å². The molecule has 2 rings (SSSR count). The lowest BCUT2D eigenvalue weighted by atomic mass is 9.95. The summed E-state index contributed by atoms with van der Waals surface area (Å²) in [7, 11) is 0. The van der Waals surface area contributed by atoms with Crippen molar-refractivity contribution in [1.82, 2.24) is 15.3 Å². The number of rotatable bonds is 3. The van der Waals surface area contributed by atoms with Gasteiger partial charge >= 0.3 is 0 Å². The first-order valence-corrected chi connectivity index (χ1v) is 8.52. The Hall–Kier alpha value is -2.76. The Morgan fingerprint density at radius 3 is 1.85 bits per heavy atom. The van der Waals surface area contributed by atoms with Gasteiger partial charge in [0.1, 0.15) is 0 Å². The Labute approximate surface area is 154 Å². The molecule has 0 aliphatic heterocycles. The highest BCUT2D eigenvalue weighted by molar-refractivity contribution is 5.95. The fraction of sp³-hybridized carbons (Fsp3) is 0.400. The summed E-state index contributed by atoms with van der Waals surface area (Å²) in [5.74, 6) is -0.232. The molecule has 0 fully saturated rings. The molecule has 2 aromatic rings. The average Bonchev–Trinajstić information content (AvgIpc) is 2.53. The predicted molar refractivity (Wildman–Crippen MR) is 103 cm³/mol. The van der Waals surface area contributed by atoms with Crippen LogP contribution in [0.15, 0.2) is 36.7 Å². The molecule has 6 heteroatoms. The molecule has 0 spiro atoms. The maximum atomic E-state index is 12.1. The summed E-state index contributed by atoms with van der Waals surface area (Å²) in [6, 6.07) is 7.05. The van der Waals surface area contributed by atoms with Crippen LogP contribution in [0.2, 0.25) is 0 Å². The molecule has 0 aromatic carbocycles. The molecule has 138 valence electrons. The fourth-order valence-corrected chi connectivity index (χ4v) is 2.03. The standard InChI is InChI=1S/C20H26N4O2/c1-19(2,3)18(26)23-14-8-10-16(22-12-14)15-9-7-13(11-21-15)17(25)24-20(4,5)6/h7-12H,1-6H3,(H,23,26)(H,24,25). The van der Waals surface area contributed by atoms with Crippen LogP contribution in [-0.4, -0.2) is 27.3 Å². The first-order valence-electron chi connectivity index (χ1n) is 8.52. The molecule has 2 aromatic heterocycles. The molecular weight excluding hydrogens is 328 g/mol. The minimum atomic E-state index is -0.469. The molecule has 26 heavy (non-hydrogen) atoms. The van der Waals surface area contributed by atoms with Crippen LogP contribution in [0.4, 0.5) is 5.69 Å². The van der Waals surface area contributed by atoms with E-state index >= 15 is 0 Å². The topological polar surface area (TPSA) is 84.0 Å². The summed E-state index contributed by atoms with van der Waals surface area (Å²) in [5, 5.41) is 5.73. The third-order valence-corrected chi connectivity index (χ3v) is 3.48. The van der Waals surface area contributed by atoms with Gasteiger partial charge in [-0.2, -0.15) is 0 Å². The maximum Gasteiger partial charge on any atom is 0.253 e. The van der Waals surface area contributed by atoms with E-state index in [9.17, 15) is 9.59 Å². The molecule has 2 N–H and O–H groups in total. The van der Waals surface area contributed by atoms with E-state index in [1.807, 2.05) is 41.5 Å². The monoisotopic (exact) mass is 354 g/mol. The quantitative estimate of drug-likeness (QED) is 0.881. The number of amides is 2. The van der Waals surface area contributed by atoms with Crippen LogP contribution in [0.1, 0.15) is 51.9 Å². The maximum absolute atomic E-state index is 12.1. The lowest BCUT2D eigenvalue weighted by Crippen LogP contribution is -2.40. The highest BCUT2D eigenvalue weighted by Crippen LogP contribution is 2.20. The number of anilines is 1. The van der Waals surface area contributed by atoms with E-state index in [-0.39, 0.29) is 17.4 Å². The Balaban J connectivity index is 2.10. The van der Waals surface area contributed by atoms with Gasteiger partial charge in [0.25, 0.3) is 5.91 Å². The van der Waals surface area contributed by atoms with Crippen molar-refractivity contribution < 1.29 is 9.59 Å². The normalized spacial score (nSPS) is 11.8. The third-order valence-electron chi connectivity index (χ3n) is 3.48. The van der Waals surface area contributed by atoms with Gasteiger partial charge in [-0.1, -0.05) is 20.8 Å². The molecule has 0 radical (unpaired) electrons. The first-order chi connectivity index (χ1) is 12.0. The van der Waals surface area contributed by atoms with E-state index in [0.717, 1.165) is 0 Å². The van der Waals surface area contributed by atoms with E-state index in [0.29, 0.717) is 22.6 Å². The first kappa shape index (κ1) is 19.6. The summed E-state index contributed by atoms with van der Waals surface area (Å²) in [6.45, 7) is 11.3. The molecule has 2 heterocycles. The molecule has 0 saturated heterocycles. The van der Waals surface area contributed by atoms with Crippen molar-refractivity contribution in [2.24, 2.45) is 5.41 Å². The van der Waals surface area contributed by atoms with Gasteiger partial charge in [-0.3, -0.25) is 19.6 Å². The number of aromatic nitrogens is 2. The average molecular weight is 354 g/mol. The van der Waals surface area contributed by atoms with Crippen molar-refractivity contribution >= 4 is 17.5 Å². The predicted octanol–water partition coefficient (Wildman–Crippen LogP) is 3.66.